The maximum atomic E-state index is 13.6. The van der Waals surface area contributed by atoms with Gasteiger partial charge in [-0.05, 0) is 53.4 Å². The molecule has 0 atom stereocenters. The molecule has 0 aliphatic carbocycles. The van der Waals surface area contributed by atoms with E-state index in [1.165, 1.54) is 6.07 Å². The largest absolute Gasteiger partial charge is 0.399 e. The second-order valence-electron chi connectivity index (χ2n) is 3.94. The van der Waals surface area contributed by atoms with E-state index in [4.69, 9.17) is 5.73 Å². The van der Waals surface area contributed by atoms with Gasteiger partial charge < -0.3 is 5.73 Å². The lowest BCUT2D eigenvalue weighted by molar-refractivity contribution is 0.502. The Kier molecular flexibility index (Phi) is 4.65. The van der Waals surface area contributed by atoms with Gasteiger partial charge in [0.1, 0.15) is 0 Å². The van der Waals surface area contributed by atoms with E-state index in [9.17, 15) is 8.78 Å². The van der Waals surface area contributed by atoms with Gasteiger partial charge in [0.2, 0.25) is 0 Å². The molecule has 0 aromatic heterocycles. The van der Waals surface area contributed by atoms with Crippen molar-refractivity contribution in [1.82, 2.24) is 0 Å². The second-order valence-corrected chi connectivity index (χ2v) is 3.94. The van der Waals surface area contributed by atoms with Gasteiger partial charge in [0.05, 0.1) is 0 Å². The number of benzene rings is 2. The summed E-state index contributed by atoms with van der Waals surface area (Å²) in [6, 6.07) is 4.65. The first-order valence-corrected chi connectivity index (χ1v) is 6.21. The van der Waals surface area contributed by atoms with Gasteiger partial charge in [-0.25, -0.2) is 8.78 Å². The molecule has 1 nitrogen and oxygen atoms in total. The summed E-state index contributed by atoms with van der Waals surface area (Å²) in [5, 5.41) is 1.43. The van der Waals surface area contributed by atoms with Crippen molar-refractivity contribution in [1.29, 1.82) is 0 Å². The Labute approximate surface area is 107 Å². The standard InChI is InChI=1S/C13H13F2N.C2H6/c1-3-10-12-7(2)4-9(16)5-8(12)6-11(14)13(10)15;1-2/h4-6H,3,16H2,1-2H3;1-2H3. The molecule has 18 heavy (non-hydrogen) atoms. The highest BCUT2D eigenvalue weighted by molar-refractivity contribution is 5.91. The molecule has 0 unspecified atom stereocenters. The molecule has 0 heterocycles. The summed E-state index contributed by atoms with van der Waals surface area (Å²) in [6.07, 6.45) is 0.463. The molecular weight excluding hydrogens is 232 g/mol. The third-order valence-corrected chi connectivity index (χ3v) is 2.80. The van der Waals surface area contributed by atoms with Gasteiger partial charge in [-0.1, -0.05) is 20.8 Å². The minimum Gasteiger partial charge on any atom is -0.399 e. The molecule has 0 bridgehead atoms. The highest BCUT2D eigenvalue weighted by Crippen LogP contribution is 2.29. The molecule has 2 rings (SSSR count). The summed E-state index contributed by atoms with van der Waals surface area (Å²) >= 11 is 0. The van der Waals surface area contributed by atoms with Crippen molar-refractivity contribution in [2.75, 3.05) is 5.73 Å². The smallest absolute Gasteiger partial charge is 0.162 e. The Bertz CT molecular complexity index is 562. The van der Waals surface area contributed by atoms with Gasteiger partial charge in [-0.3, -0.25) is 0 Å². The van der Waals surface area contributed by atoms with Gasteiger partial charge >= 0.3 is 0 Å². The van der Waals surface area contributed by atoms with Crippen LogP contribution < -0.4 is 5.73 Å². The molecule has 98 valence electrons. The first kappa shape index (κ1) is 14.4. The highest BCUT2D eigenvalue weighted by Gasteiger charge is 2.13. The lowest BCUT2D eigenvalue weighted by atomic mass is 9.97. The lowest BCUT2D eigenvalue weighted by Gasteiger charge is -2.11. The van der Waals surface area contributed by atoms with Gasteiger partial charge in [-0.15, -0.1) is 0 Å². The summed E-state index contributed by atoms with van der Waals surface area (Å²) in [5.74, 6) is -1.56. The van der Waals surface area contributed by atoms with E-state index in [2.05, 4.69) is 0 Å². The first-order valence-electron chi connectivity index (χ1n) is 6.21. The van der Waals surface area contributed by atoms with E-state index in [1.54, 1.807) is 12.1 Å². The lowest BCUT2D eigenvalue weighted by Crippen LogP contribution is -1.98. The van der Waals surface area contributed by atoms with Gasteiger partial charge in [0.25, 0.3) is 0 Å². The topological polar surface area (TPSA) is 26.0 Å². The zero-order chi connectivity index (χ0) is 13.9. The molecule has 0 saturated heterocycles. The predicted molar refractivity (Wildman–Crippen MR) is 73.7 cm³/mol. The van der Waals surface area contributed by atoms with Crippen LogP contribution in [-0.2, 0) is 6.42 Å². The van der Waals surface area contributed by atoms with E-state index in [0.717, 1.165) is 10.9 Å². The van der Waals surface area contributed by atoms with Crippen LogP contribution >= 0.6 is 0 Å². The van der Waals surface area contributed by atoms with Crippen LogP contribution in [0.4, 0.5) is 14.5 Å². The molecule has 0 spiro atoms. The van der Waals surface area contributed by atoms with Gasteiger partial charge in [0, 0.05) is 5.69 Å². The molecule has 2 aromatic rings. The van der Waals surface area contributed by atoms with Crippen molar-refractivity contribution in [3.63, 3.8) is 0 Å². The van der Waals surface area contributed by atoms with Crippen LogP contribution in [-0.4, -0.2) is 0 Å². The van der Waals surface area contributed by atoms with Crippen molar-refractivity contribution in [2.24, 2.45) is 0 Å². The van der Waals surface area contributed by atoms with Gasteiger partial charge in [-0.2, -0.15) is 0 Å². The average Bonchev–Trinajstić information content (AvgIpc) is 2.34. The average molecular weight is 251 g/mol. The molecule has 0 saturated carbocycles. The number of aryl methyl sites for hydroxylation is 2. The summed E-state index contributed by atoms with van der Waals surface area (Å²) in [6.45, 7) is 7.67. The molecule has 0 amide bonds. The monoisotopic (exact) mass is 251 g/mol. The zero-order valence-corrected chi connectivity index (χ0v) is 11.3. The maximum Gasteiger partial charge on any atom is 0.162 e. The SMILES string of the molecule is CC.CCc1c(F)c(F)cc2cc(N)cc(C)c12. The minimum atomic E-state index is -0.811. The third kappa shape index (κ3) is 2.45. The van der Waals surface area contributed by atoms with Crippen LogP contribution in [0.2, 0.25) is 0 Å². The number of nitrogen functional groups attached to an aromatic ring is 1. The number of nitrogens with two attached hydrogens (primary N) is 1. The Hall–Kier alpha value is -1.64. The zero-order valence-electron chi connectivity index (χ0n) is 11.3. The third-order valence-electron chi connectivity index (χ3n) is 2.80. The molecule has 0 radical (unpaired) electrons. The first-order chi connectivity index (χ1) is 8.54. The molecule has 2 N–H and O–H groups in total. The molecule has 0 aliphatic rings. The Balaban J connectivity index is 0.000000771. The van der Waals surface area contributed by atoms with E-state index >= 15 is 0 Å². The van der Waals surface area contributed by atoms with E-state index in [-0.39, 0.29) is 0 Å². The number of hydrogen-bond donors (Lipinski definition) is 1. The number of halogens is 2. The van der Waals surface area contributed by atoms with Crippen molar-refractivity contribution < 1.29 is 8.78 Å². The molecule has 2 aromatic carbocycles. The predicted octanol–water partition coefficient (Wildman–Crippen LogP) is 4.60. The fourth-order valence-electron chi connectivity index (χ4n) is 2.16. The number of rotatable bonds is 1. The van der Waals surface area contributed by atoms with E-state index in [0.29, 0.717) is 23.1 Å². The van der Waals surface area contributed by atoms with Crippen molar-refractivity contribution in [3.05, 3.63) is 41.0 Å². The maximum absolute atomic E-state index is 13.6. The summed E-state index contributed by atoms with van der Waals surface area (Å²) in [4.78, 5) is 0. The molecule has 3 heteroatoms. The van der Waals surface area contributed by atoms with Crippen LogP contribution in [0.3, 0.4) is 0 Å². The molecule has 0 fully saturated rings. The molecular formula is C15H19F2N. The van der Waals surface area contributed by atoms with Gasteiger partial charge in [0.15, 0.2) is 11.6 Å². The van der Waals surface area contributed by atoms with Crippen LogP contribution in [0, 0.1) is 18.6 Å². The highest BCUT2D eigenvalue weighted by atomic mass is 19.2. The fraction of sp³-hybridized carbons (Fsp3) is 0.333. The van der Waals surface area contributed by atoms with E-state index < -0.39 is 11.6 Å². The fourth-order valence-corrected chi connectivity index (χ4v) is 2.16. The molecule has 0 aliphatic heterocycles. The normalized spacial score (nSPS) is 10.1. The van der Waals surface area contributed by atoms with Crippen LogP contribution in [0.5, 0.6) is 0 Å². The Morgan fingerprint density at radius 1 is 1.11 bits per heavy atom. The van der Waals surface area contributed by atoms with E-state index in [1.807, 2.05) is 27.7 Å². The number of fused-ring (bicyclic) bond motifs is 1. The van der Waals surface area contributed by atoms with Crippen LogP contribution in [0.25, 0.3) is 10.8 Å². The Morgan fingerprint density at radius 2 is 1.72 bits per heavy atom. The summed E-state index contributed by atoms with van der Waals surface area (Å²) in [7, 11) is 0. The quantitative estimate of drug-likeness (QED) is 0.737. The second kappa shape index (κ2) is 5.80. The Morgan fingerprint density at radius 3 is 2.28 bits per heavy atom. The minimum absolute atomic E-state index is 0.424. The number of hydrogen-bond acceptors (Lipinski definition) is 1. The van der Waals surface area contributed by atoms with Crippen molar-refractivity contribution in [2.45, 2.75) is 34.1 Å². The summed E-state index contributed by atoms with van der Waals surface area (Å²) in [5.41, 5.74) is 7.56. The van der Waals surface area contributed by atoms with Crippen molar-refractivity contribution >= 4 is 16.5 Å². The van der Waals surface area contributed by atoms with Crippen molar-refractivity contribution in [3.8, 4) is 0 Å². The number of anilines is 1. The summed E-state index contributed by atoms with van der Waals surface area (Å²) < 4.78 is 26.9. The van der Waals surface area contributed by atoms with Crippen LogP contribution in [0.1, 0.15) is 31.9 Å². The van der Waals surface area contributed by atoms with Crippen LogP contribution in [0.15, 0.2) is 18.2 Å².